The van der Waals surface area contributed by atoms with E-state index in [-0.39, 0.29) is 25.7 Å². The largest absolute Gasteiger partial charge is 0.472 e. The summed E-state index contributed by atoms with van der Waals surface area (Å²) in [5, 5.41) is 10.6. The molecule has 0 spiro atoms. The van der Waals surface area contributed by atoms with Crippen LogP contribution in [0.3, 0.4) is 0 Å². The van der Waals surface area contributed by atoms with E-state index in [0.29, 0.717) is 31.6 Å². The predicted octanol–water partition coefficient (Wildman–Crippen LogP) is 24.8. The van der Waals surface area contributed by atoms with Crippen molar-refractivity contribution in [1.29, 1.82) is 0 Å². The van der Waals surface area contributed by atoms with E-state index in [9.17, 15) is 43.2 Å². The predicted molar refractivity (Wildman–Crippen MR) is 418 cm³/mol. The minimum atomic E-state index is -4.96. The van der Waals surface area contributed by atoms with Crippen molar-refractivity contribution in [2.24, 2.45) is 23.7 Å². The third-order valence-electron chi connectivity index (χ3n) is 19.7. The van der Waals surface area contributed by atoms with E-state index in [0.717, 1.165) is 114 Å². The summed E-state index contributed by atoms with van der Waals surface area (Å²) in [4.78, 5) is 73.0. The van der Waals surface area contributed by atoms with Gasteiger partial charge in [0.1, 0.15) is 19.3 Å². The normalized spacial score (nSPS) is 14.3. The third kappa shape index (κ3) is 74.9. The van der Waals surface area contributed by atoms with E-state index >= 15 is 0 Å². The van der Waals surface area contributed by atoms with Crippen molar-refractivity contribution >= 4 is 39.5 Å². The fourth-order valence-corrected chi connectivity index (χ4v) is 14.3. The number of aliphatic hydroxyl groups excluding tert-OH is 1. The van der Waals surface area contributed by atoms with E-state index in [4.69, 9.17) is 37.0 Å². The van der Waals surface area contributed by atoms with Crippen LogP contribution in [0.15, 0.2) is 0 Å². The highest BCUT2D eigenvalue weighted by molar-refractivity contribution is 7.47. The van der Waals surface area contributed by atoms with Crippen LogP contribution in [0.4, 0.5) is 0 Å². The first-order valence-corrected chi connectivity index (χ1v) is 45.7. The summed E-state index contributed by atoms with van der Waals surface area (Å²) in [6, 6.07) is 0. The Hall–Kier alpha value is -1.94. The molecular formula is C83H162O17P2. The van der Waals surface area contributed by atoms with E-state index in [1.54, 1.807) is 0 Å². The number of aliphatic hydroxyl groups is 1. The van der Waals surface area contributed by atoms with E-state index < -0.39 is 97.5 Å². The van der Waals surface area contributed by atoms with Gasteiger partial charge in [-0.15, -0.1) is 0 Å². The first kappa shape index (κ1) is 100. The maximum absolute atomic E-state index is 13.1. The van der Waals surface area contributed by atoms with Gasteiger partial charge in [-0.1, -0.05) is 376 Å². The molecule has 19 heteroatoms. The highest BCUT2D eigenvalue weighted by Gasteiger charge is 2.30. The minimum absolute atomic E-state index is 0.105. The summed E-state index contributed by atoms with van der Waals surface area (Å²) >= 11 is 0. The molecule has 6 atom stereocenters. The number of phosphoric ester groups is 2. The van der Waals surface area contributed by atoms with Gasteiger partial charge in [0.15, 0.2) is 12.2 Å². The topological polar surface area (TPSA) is 237 Å². The molecule has 102 heavy (non-hydrogen) atoms. The number of hydrogen-bond acceptors (Lipinski definition) is 15. The molecule has 0 bridgehead atoms. The Kier molecular flexibility index (Phi) is 70.6. The van der Waals surface area contributed by atoms with Gasteiger partial charge in [0.25, 0.3) is 0 Å². The molecule has 0 fully saturated rings. The molecule has 0 saturated heterocycles. The molecule has 0 amide bonds. The van der Waals surface area contributed by atoms with Gasteiger partial charge >= 0.3 is 39.5 Å². The summed E-state index contributed by atoms with van der Waals surface area (Å²) in [6.45, 7) is 14.3. The molecule has 3 N–H and O–H groups in total. The van der Waals surface area contributed by atoms with Crippen molar-refractivity contribution < 1.29 is 80.2 Å². The van der Waals surface area contributed by atoms with Crippen LogP contribution in [-0.2, 0) is 65.4 Å². The van der Waals surface area contributed by atoms with Crippen molar-refractivity contribution in [2.75, 3.05) is 39.6 Å². The second-order valence-electron chi connectivity index (χ2n) is 31.5. The molecule has 0 aromatic carbocycles. The minimum Gasteiger partial charge on any atom is -0.462 e. The average Bonchev–Trinajstić information content (AvgIpc) is 0.929. The highest BCUT2D eigenvalue weighted by Crippen LogP contribution is 2.45. The van der Waals surface area contributed by atoms with Gasteiger partial charge in [-0.2, -0.15) is 0 Å². The standard InChI is InChI=1S/C83H162O17P2/c1-9-76(8)62-54-46-38-30-23-19-14-12-10-11-13-15-20-24-31-39-47-55-63-80(85)93-69-78(99-82(87)65-57-49-40-32-25-21-17-16-18-22-28-35-43-51-59-73(2)3)71-97-101(89,90)95-67-77(84)68-96-102(91,92)98-72-79(70-94-81(86)64-56-48-42-34-37-45-53-61-75(6)7)100-83(88)66-58-50-41-33-27-26-29-36-44-52-60-74(4)5/h73-79,84H,9-72H2,1-8H3,(H,89,90)(H,91,92)/t76?,77?,78-,79-/m1/s1. The van der Waals surface area contributed by atoms with Gasteiger partial charge in [-0.05, 0) is 49.4 Å². The van der Waals surface area contributed by atoms with Crippen LogP contribution in [0.5, 0.6) is 0 Å². The Balaban J connectivity index is 5.21. The molecular weight excluding hydrogens is 1330 g/mol. The van der Waals surface area contributed by atoms with Crippen molar-refractivity contribution in [2.45, 2.75) is 446 Å². The monoisotopic (exact) mass is 1490 g/mol. The van der Waals surface area contributed by atoms with Gasteiger partial charge in [-0.3, -0.25) is 37.3 Å². The first-order valence-electron chi connectivity index (χ1n) is 42.7. The van der Waals surface area contributed by atoms with Gasteiger partial charge < -0.3 is 33.8 Å². The van der Waals surface area contributed by atoms with Crippen LogP contribution in [0.1, 0.15) is 428 Å². The lowest BCUT2D eigenvalue weighted by molar-refractivity contribution is -0.161. The maximum Gasteiger partial charge on any atom is 0.472 e. The van der Waals surface area contributed by atoms with Crippen LogP contribution < -0.4 is 0 Å². The number of esters is 4. The van der Waals surface area contributed by atoms with Crippen LogP contribution in [0, 0.1) is 23.7 Å². The summed E-state index contributed by atoms with van der Waals surface area (Å²) in [5.74, 6) is 1.01. The van der Waals surface area contributed by atoms with Crippen LogP contribution in [0.25, 0.3) is 0 Å². The zero-order chi connectivity index (χ0) is 75.3. The summed E-state index contributed by atoms with van der Waals surface area (Å²) in [5.41, 5.74) is 0. The van der Waals surface area contributed by atoms with Crippen molar-refractivity contribution in [3.8, 4) is 0 Å². The molecule has 0 aliphatic carbocycles. The Labute approximate surface area is 626 Å². The number of phosphoric acid groups is 2. The Bertz CT molecular complexity index is 1990. The van der Waals surface area contributed by atoms with Crippen molar-refractivity contribution in [1.82, 2.24) is 0 Å². The molecule has 0 radical (unpaired) electrons. The second-order valence-corrected chi connectivity index (χ2v) is 34.4. The fourth-order valence-electron chi connectivity index (χ4n) is 12.8. The van der Waals surface area contributed by atoms with E-state index in [2.05, 4.69) is 55.4 Å². The molecule has 0 rings (SSSR count). The molecule has 0 aromatic heterocycles. The van der Waals surface area contributed by atoms with E-state index in [1.165, 1.54) is 225 Å². The average molecular weight is 1490 g/mol. The molecule has 0 aliphatic rings. The lowest BCUT2D eigenvalue weighted by atomic mass is 9.99. The van der Waals surface area contributed by atoms with Gasteiger partial charge in [0, 0.05) is 25.7 Å². The highest BCUT2D eigenvalue weighted by atomic mass is 31.2. The SMILES string of the molecule is CCC(C)CCCCCCCCCCCCCCCCCCCCC(=O)OC[C@H](COP(=O)(O)OCC(O)COP(=O)(O)OC[C@@H](COC(=O)CCCCCCCCCC(C)C)OC(=O)CCCCCCCCCCCCC(C)C)OC(=O)CCCCCCCCCCCCCCCCC(C)C. The van der Waals surface area contributed by atoms with Gasteiger partial charge in [0.05, 0.1) is 26.4 Å². The van der Waals surface area contributed by atoms with Crippen molar-refractivity contribution in [3.05, 3.63) is 0 Å². The number of unbranched alkanes of at least 4 members (excludes halogenated alkanes) is 45. The summed E-state index contributed by atoms with van der Waals surface area (Å²) in [6.07, 6.45) is 59.8. The molecule has 606 valence electrons. The van der Waals surface area contributed by atoms with Gasteiger partial charge in [-0.25, -0.2) is 9.13 Å². The third-order valence-corrected chi connectivity index (χ3v) is 21.6. The van der Waals surface area contributed by atoms with Crippen molar-refractivity contribution in [3.63, 3.8) is 0 Å². The Morgan fingerprint density at radius 3 is 0.696 bits per heavy atom. The summed E-state index contributed by atoms with van der Waals surface area (Å²) in [7, 11) is -9.92. The summed E-state index contributed by atoms with van der Waals surface area (Å²) < 4.78 is 68.7. The molecule has 4 unspecified atom stereocenters. The number of carbonyl (C=O) groups is 4. The lowest BCUT2D eigenvalue weighted by Gasteiger charge is -2.21. The van der Waals surface area contributed by atoms with Crippen LogP contribution >= 0.6 is 15.6 Å². The molecule has 0 aliphatic heterocycles. The second kappa shape index (κ2) is 72.0. The number of ether oxygens (including phenoxy) is 4. The van der Waals surface area contributed by atoms with Crippen LogP contribution in [-0.4, -0.2) is 96.7 Å². The number of carbonyl (C=O) groups excluding carboxylic acids is 4. The maximum atomic E-state index is 13.1. The van der Waals surface area contributed by atoms with E-state index in [1.807, 2.05) is 0 Å². The fraction of sp³-hybridized carbons (Fsp3) is 0.952. The quantitative estimate of drug-likeness (QED) is 0.0222. The molecule has 0 saturated carbocycles. The Morgan fingerprint density at radius 2 is 0.471 bits per heavy atom. The van der Waals surface area contributed by atoms with Gasteiger partial charge in [0.2, 0.25) is 0 Å². The van der Waals surface area contributed by atoms with Crippen LogP contribution in [0.2, 0.25) is 0 Å². The number of hydrogen-bond donors (Lipinski definition) is 3. The Morgan fingerprint density at radius 1 is 0.275 bits per heavy atom. The molecule has 0 heterocycles. The molecule has 0 aromatic rings. The smallest absolute Gasteiger partial charge is 0.462 e. The molecule has 17 nitrogen and oxygen atoms in total. The first-order chi connectivity index (χ1) is 49.1. The zero-order valence-corrected chi connectivity index (χ0v) is 69.0. The number of rotatable bonds is 80. The lowest BCUT2D eigenvalue weighted by Crippen LogP contribution is -2.30. The zero-order valence-electron chi connectivity index (χ0n) is 67.2.